The zero-order valence-electron chi connectivity index (χ0n) is 15.7. The number of rotatable bonds is 5. The summed E-state index contributed by atoms with van der Waals surface area (Å²) in [7, 11) is 3.97. The van der Waals surface area contributed by atoms with Gasteiger partial charge < -0.3 is 19.8 Å². The second kappa shape index (κ2) is 8.08. The summed E-state index contributed by atoms with van der Waals surface area (Å²) in [6.07, 6.45) is 2.15. The van der Waals surface area contributed by atoms with Crippen molar-refractivity contribution in [1.29, 1.82) is 0 Å². The lowest BCUT2D eigenvalue weighted by molar-refractivity contribution is -0.136. The van der Waals surface area contributed by atoms with E-state index in [1.807, 2.05) is 42.1 Å². The van der Waals surface area contributed by atoms with Gasteiger partial charge in [-0.3, -0.25) is 9.59 Å². The number of likely N-dealkylation sites (tertiary alicyclic amines) is 2. The number of amides is 2. The molecular weight excluding hydrogens is 330 g/mol. The Hall–Kier alpha value is -2.08. The standard InChI is InChI=1S/C20H29N3O3/c1-21(2)10-11-23-14-17(13-19(23)25)20(26)22-8-6-15(7-9-22)16-4-3-5-18(24)12-16/h3-5,12,15,17,24H,6-11,13-14H2,1-2H3. The quantitative estimate of drug-likeness (QED) is 0.866. The normalized spacial score (nSPS) is 21.7. The monoisotopic (exact) mass is 359 g/mol. The van der Waals surface area contributed by atoms with Crippen LogP contribution in [0.1, 0.15) is 30.7 Å². The largest absolute Gasteiger partial charge is 0.508 e. The molecule has 0 spiro atoms. The van der Waals surface area contributed by atoms with Crippen molar-refractivity contribution in [3.05, 3.63) is 29.8 Å². The number of carbonyl (C=O) groups is 2. The van der Waals surface area contributed by atoms with Crippen molar-refractivity contribution < 1.29 is 14.7 Å². The van der Waals surface area contributed by atoms with Crippen LogP contribution in [0.15, 0.2) is 24.3 Å². The molecule has 1 aromatic rings. The Morgan fingerprint density at radius 2 is 2.00 bits per heavy atom. The number of phenolic OH excluding ortho intramolecular Hbond substituents is 1. The van der Waals surface area contributed by atoms with E-state index < -0.39 is 0 Å². The molecule has 2 saturated heterocycles. The Morgan fingerprint density at radius 3 is 2.65 bits per heavy atom. The first-order chi connectivity index (χ1) is 12.4. The zero-order chi connectivity index (χ0) is 18.7. The maximum atomic E-state index is 12.8. The Labute approximate surface area is 155 Å². The summed E-state index contributed by atoms with van der Waals surface area (Å²) in [6.45, 7) is 3.51. The molecule has 1 N–H and O–H groups in total. The molecule has 2 aliphatic rings. The van der Waals surface area contributed by atoms with Gasteiger partial charge in [0.15, 0.2) is 0 Å². The van der Waals surface area contributed by atoms with Gasteiger partial charge in [0.25, 0.3) is 0 Å². The molecule has 2 aliphatic heterocycles. The predicted octanol–water partition coefficient (Wildman–Crippen LogP) is 1.51. The Bertz CT molecular complexity index is 653. The summed E-state index contributed by atoms with van der Waals surface area (Å²) in [4.78, 5) is 30.8. The molecule has 0 aliphatic carbocycles. The van der Waals surface area contributed by atoms with Crippen molar-refractivity contribution in [2.45, 2.75) is 25.2 Å². The third-order valence-corrected chi connectivity index (χ3v) is 5.53. The number of benzene rings is 1. The molecule has 2 amide bonds. The van der Waals surface area contributed by atoms with Crippen LogP contribution >= 0.6 is 0 Å². The number of hydrogen-bond donors (Lipinski definition) is 1. The van der Waals surface area contributed by atoms with Gasteiger partial charge in [0.05, 0.1) is 5.92 Å². The molecule has 0 radical (unpaired) electrons. The highest BCUT2D eigenvalue weighted by molar-refractivity contribution is 5.89. The minimum atomic E-state index is -0.193. The Kier molecular flexibility index (Phi) is 5.81. The summed E-state index contributed by atoms with van der Waals surface area (Å²) in [5.41, 5.74) is 1.14. The van der Waals surface area contributed by atoms with Crippen molar-refractivity contribution in [1.82, 2.24) is 14.7 Å². The first-order valence-corrected chi connectivity index (χ1v) is 9.44. The van der Waals surface area contributed by atoms with Crippen molar-refractivity contribution in [3.8, 4) is 5.75 Å². The van der Waals surface area contributed by atoms with E-state index in [9.17, 15) is 14.7 Å². The first kappa shape index (κ1) is 18.7. The van der Waals surface area contributed by atoms with Crippen molar-refractivity contribution in [2.75, 3.05) is 46.8 Å². The lowest BCUT2D eigenvalue weighted by atomic mass is 9.89. The molecule has 6 heteroatoms. The molecule has 2 fully saturated rings. The highest BCUT2D eigenvalue weighted by atomic mass is 16.3. The van der Waals surface area contributed by atoms with Crippen LogP contribution in [0.5, 0.6) is 5.75 Å². The number of likely N-dealkylation sites (N-methyl/N-ethyl adjacent to an activating group) is 1. The van der Waals surface area contributed by atoms with Gasteiger partial charge in [0, 0.05) is 39.1 Å². The molecule has 2 heterocycles. The molecule has 142 valence electrons. The van der Waals surface area contributed by atoms with Crippen LogP contribution in [-0.4, -0.2) is 78.4 Å². The number of nitrogens with zero attached hydrogens (tertiary/aromatic N) is 3. The summed E-state index contributed by atoms with van der Waals surface area (Å²) >= 11 is 0. The van der Waals surface area contributed by atoms with E-state index in [-0.39, 0.29) is 17.7 Å². The smallest absolute Gasteiger partial charge is 0.227 e. The van der Waals surface area contributed by atoms with Crippen LogP contribution in [0.2, 0.25) is 0 Å². The second-order valence-electron chi connectivity index (χ2n) is 7.74. The van der Waals surface area contributed by atoms with Crippen LogP contribution in [0.4, 0.5) is 0 Å². The van der Waals surface area contributed by atoms with E-state index in [4.69, 9.17) is 0 Å². The van der Waals surface area contributed by atoms with Gasteiger partial charge in [-0.05, 0) is 50.6 Å². The average molecular weight is 359 g/mol. The highest BCUT2D eigenvalue weighted by Gasteiger charge is 2.37. The zero-order valence-corrected chi connectivity index (χ0v) is 15.7. The fourth-order valence-electron chi connectivity index (χ4n) is 3.94. The van der Waals surface area contributed by atoms with Gasteiger partial charge in [-0.15, -0.1) is 0 Å². The molecular formula is C20H29N3O3. The Morgan fingerprint density at radius 1 is 1.27 bits per heavy atom. The van der Waals surface area contributed by atoms with E-state index in [0.717, 1.165) is 38.0 Å². The molecule has 1 unspecified atom stereocenters. The third kappa shape index (κ3) is 4.36. The van der Waals surface area contributed by atoms with Gasteiger partial charge >= 0.3 is 0 Å². The van der Waals surface area contributed by atoms with E-state index >= 15 is 0 Å². The number of phenols is 1. The Balaban J connectivity index is 1.51. The molecule has 0 aromatic heterocycles. The average Bonchev–Trinajstić information content (AvgIpc) is 3.00. The van der Waals surface area contributed by atoms with Crippen LogP contribution < -0.4 is 0 Å². The lowest BCUT2D eigenvalue weighted by Crippen LogP contribution is -2.42. The van der Waals surface area contributed by atoms with E-state index in [1.54, 1.807) is 6.07 Å². The van der Waals surface area contributed by atoms with E-state index in [2.05, 4.69) is 4.90 Å². The van der Waals surface area contributed by atoms with Crippen molar-refractivity contribution >= 4 is 11.8 Å². The first-order valence-electron chi connectivity index (χ1n) is 9.44. The predicted molar refractivity (Wildman–Crippen MR) is 99.9 cm³/mol. The van der Waals surface area contributed by atoms with Crippen LogP contribution in [0.25, 0.3) is 0 Å². The maximum Gasteiger partial charge on any atom is 0.227 e. The molecule has 3 rings (SSSR count). The van der Waals surface area contributed by atoms with Crippen molar-refractivity contribution in [2.24, 2.45) is 5.92 Å². The molecule has 1 aromatic carbocycles. The number of hydrogen-bond acceptors (Lipinski definition) is 4. The second-order valence-corrected chi connectivity index (χ2v) is 7.74. The summed E-state index contributed by atoms with van der Waals surface area (Å²) in [6, 6.07) is 7.41. The van der Waals surface area contributed by atoms with Gasteiger partial charge in [0.1, 0.15) is 5.75 Å². The molecule has 6 nitrogen and oxygen atoms in total. The van der Waals surface area contributed by atoms with Crippen LogP contribution in [0, 0.1) is 5.92 Å². The SMILES string of the molecule is CN(C)CCN1CC(C(=O)N2CCC(c3cccc(O)c3)CC2)CC1=O. The minimum absolute atomic E-state index is 0.0971. The fourth-order valence-corrected chi connectivity index (χ4v) is 3.94. The maximum absolute atomic E-state index is 12.8. The summed E-state index contributed by atoms with van der Waals surface area (Å²) in [5, 5.41) is 9.65. The topological polar surface area (TPSA) is 64.1 Å². The van der Waals surface area contributed by atoms with Crippen LogP contribution in [0.3, 0.4) is 0 Å². The van der Waals surface area contributed by atoms with E-state index in [0.29, 0.717) is 31.2 Å². The summed E-state index contributed by atoms with van der Waals surface area (Å²) in [5.74, 6) is 0.707. The van der Waals surface area contributed by atoms with Gasteiger partial charge in [-0.2, -0.15) is 0 Å². The lowest BCUT2D eigenvalue weighted by Gasteiger charge is -2.33. The molecule has 1 atom stereocenters. The number of aromatic hydroxyl groups is 1. The molecule has 0 saturated carbocycles. The molecule has 26 heavy (non-hydrogen) atoms. The fraction of sp³-hybridized carbons (Fsp3) is 0.600. The number of piperidine rings is 1. The minimum Gasteiger partial charge on any atom is -0.508 e. The third-order valence-electron chi connectivity index (χ3n) is 5.53. The van der Waals surface area contributed by atoms with Gasteiger partial charge in [0.2, 0.25) is 11.8 Å². The van der Waals surface area contributed by atoms with Crippen LogP contribution in [-0.2, 0) is 9.59 Å². The molecule has 0 bridgehead atoms. The van der Waals surface area contributed by atoms with Gasteiger partial charge in [-0.1, -0.05) is 12.1 Å². The highest BCUT2D eigenvalue weighted by Crippen LogP contribution is 2.31. The van der Waals surface area contributed by atoms with Gasteiger partial charge in [-0.25, -0.2) is 0 Å². The van der Waals surface area contributed by atoms with E-state index in [1.165, 1.54) is 0 Å². The summed E-state index contributed by atoms with van der Waals surface area (Å²) < 4.78 is 0. The van der Waals surface area contributed by atoms with Crippen molar-refractivity contribution in [3.63, 3.8) is 0 Å². The number of carbonyl (C=O) groups excluding carboxylic acids is 2.